The van der Waals surface area contributed by atoms with Crippen LogP contribution in [0.25, 0.3) is 11.3 Å². The Kier molecular flexibility index (Phi) is 7.67. The second-order valence-corrected chi connectivity index (χ2v) is 9.93. The normalized spacial score (nSPS) is 16.1. The van der Waals surface area contributed by atoms with Gasteiger partial charge in [0, 0.05) is 49.0 Å². The number of amides is 1. The number of nitrogens with zero attached hydrogens (tertiary/aromatic N) is 2. The lowest BCUT2D eigenvalue weighted by atomic mass is 10.0. The topological polar surface area (TPSA) is 101 Å². The summed E-state index contributed by atoms with van der Waals surface area (Å²) < 4.78 is 56.9. The predicted octanol–water partition coefficient (Wildman–Crippen LogP) is 4.34. The van der Waals surface area contributed by atoms with Crippen LogP contribution in [0.15, 0.2) is 36.7 Å². The lowest BCUT2D eigenvalue weighted by Crippen LogP contribution is -2.53. The van der Waals surface area contributed by atoms with Crippen LogP contribution in [0.4, 0.5) is 24.5 Å². The van der Waals surface area contributed by atoms with Crippen LogP contribution in [0.3, 0.4) is 0 Å². The van der Waals surface area contributed by atoms with E-state index in [0.717, 1.165) is 19.2 Å². The number of nitrogens with one attached hydrogen (secondary N) is 3. The van der Waals surface area contributed by atoms with Crippen molar-refractivity contribution >= 4 is 17.3 Å². The van der Waals surface area contributed by atoms with Crippen molar-refractivity contribution in [3.8, 4) is 22.8 Å². The standard InChI is InChI=1S/C27H30F3N5O4/c1-27(2,35-10-12-37-13-11-35)15-38-20-14-31-8-6-16(20)22-23(21-18(33-22)7-9-32-25(21)36)34-19-5-3-4-17(28)24(19)39-26(29)30/h3-6,8,14,26,33-34H,7,9-13,15H2,1-2H3,(H,32,36). The van der Waals surface area contributed by atoms with Crippen LogP contribution in [-0.2, 0) is 11.2 Å². The van der Waals surface area contributed by atoms with Crippen LogP contribution in [0.2, 0.25) is 0 Å². The van der Waals surface area contributed by atoms with Crippen LogP contribution < -0.4 is 20.1 Å². The average molecular weight is 546 g/mol. The first-order valence-corrected chi connectivity index (χ1v) is 12.7. The molecule has 0 saturated carbocycles. The molecule has 1 saturated heterocycles. The smallest absolute Gasteiger partial charge is 0.387 e. The third kappa shape index (κ3) is 5.66. The number of hydrogen-bond donors (Lipinski definition) is 3. The molecule has 0 spiro atoms. The molecule has 5 rings (SSSR count). The molecule has 3 N–H and O–H groups in total. The van der Waals surface area contributed by atoms with Gasteiger partial charge < -0.3 is 29.8 Å². The van der Waals surface area contributed by atoms with E-state index in [0.29, 0.717) is 61.1 Å². The first-order chi connectivity index (χ1) is 18.7. The number of pyridine rings is 1. The maximum absolute atomic E-state index is 14.5. The minimum absolute atomic E-state index is 0.0540. The number of hydrogen-bond acceptors (Lipinski definition) is 7. The minimum Gasteiger partial charge on any atom is -0.489 e. The van der Waals surface area contributed by atoms with Crippen molar-refractivity contribution in [2.45, 2.75) is 32.4 Å². The summed E-state index contributed by atoms with van der Waals surface area (Å²) in [6.45, 7) is 4.62. The summed E-state index contributed by atoms with van der Waals surface area (Å²) in [7, 11) is 0. The van der Waals surface area contributed by atoms with E-state index in [1.165, 1.54) is 12.1 Å². The fourth-order valence-corrected chi connectivity index (χ4v) is 4.87. The van der Waals surface area contributed by atoms with E-state index in [2.05, 4.69) is 44.1 Å². The van der Waals surface area contributed by atoms with E-state index in [9.17, 15) is 18.0 Å². The number of carbonyl (C=O) groups is 1. The van der Waals surface area contributed by atoms with Crippen LogP contribution in [0.5, 0.6) is 11.5 Å². The van der Waals surface area contributed by atoms with Crippen LogP contribution in [0, 0.1) is 5.82 Å². The molecule has 1 aromatic carbocycles. The lowest BCUT2D eigenvalue weighted by molar-refractivity contribution is -0.0516. The van der Waals surface area contributed by atoms with Crippen molar-refractivity contribution in [2.75, 3.05) is 44.8 Å². The van der Waals surface area contributed by atoms with Gasteiger partial charge in [-0.2, -0.15) is 8.78 Å². The molecule has 12 heteroatoms. The third-order valence-electron chi connectivity index (χ3n) is 6.90. The maximum Gasteiger partial charge on any atom is 0.387 e. The summed E-state index contributed by atoms with van der Waals surface area (Å²) in [5.41, 5.74) is 1.97. The van der Waals surface area contributed by atoms with Crippen molar-refractivity contribution in [3.05, 3.63) is 53.7 Å². The van der Waals surface area contributed by atoms with Gasteiger partial charge in [0.1, 0.15) is 12.4 Å². The molecular weight excluding hydrogens is 515 g/mol. The number of rotatable bonds is 9. The highest BCUT2D eigenvalue weighted by Gasteiger charge is 2.31. The second kappa shape index (κ2) is 11.1. The number of aromatic nitrogens is 2. The van der Waals surface area contributed by atoms with Gasteiger partial charge in [0.05, 0.1) is 42.0 Å². The van der Waals surface area contributed by atoms with E-state index in [4.69, 9.17) is 9.47 Å². The van der Waals surface area contributed by atoms with Gasteiger partial charge >= 0.3 is 6.61 Å². The van der Waals surface area contributed by atoms with E-state index < -0.39 is 18.2 Å². The van der Waals surface area contributed by atoms with E-state index >= 15 is 0 Å². The monoisotopic (exact) mass is 545 g/mol. The molecule has 2 aromatic heterocycles. The summed E-state index contributed by atoms with van der Waals surface area (Å²) in [6, 6.07) is 5.52. The van der Waals surface area contributed by atoms with Gasteiger partial charge in [-0.05, 0) is 32.0 Å². The molecule has 1 fully saturated rings. The van der Waals surface area contributed by atoms with E-state index in [1.807, 2.05) is 0 Å². The maximum atomic E-state index is 14.5. The van der Waals surface area contributed by atoms with Gasteiger partial charge in [-0.1, -0.05) is 6.07 Å². The highest BCUT2D eigenvalue weighted by molar-refractivity contribution is 6.06. The van der Waals surface area contributed by atoms with Gasteiger partial charge in [0.15, 0.2) is 11.6 Å². The number of benzene rings is 1. The Morgan fingerprint density at radius 2 is 2.03 bits per heavy atom. The Morgan fingerprint density at radius 1 is 1.23 bits per heavy atom. The summed E-state index contributed by atoms with van der Waals surface area (Å²) in [5, 5.41) is 5.79. The van der Waals surface area contributed by atoms with E-state index in [1.54, 1.807) is 18.5 Å². The van der Waals surface area contributed by atoms with Crippen LogP contribution >= 0.6 is 0 Å². The fourth-order valence-electron chi connectivity index (χ4n) is 4.87. The Balaban J connectivity index is 1.53. The highest BCUT2D eigenvalue weighted by Crippen LogP contribution is 2.42. The number of H-pyrrole nitrogens is 1. The highest BCUT2D eigenvalue weighted by atomic mass is 19.3. The number of carbonyl (C=O) groups excluding carboxylic acids is 1. The molecule has 2 aliphatic rings. The first-order valence-electron chi connectivity index (χ1n) is 12.7. The third-order valence-corrected chi connectivity index (χ3v) is 6.90. The van der Waals surface area contributed by atoms with Gasteiger partial charge in [0.25, 0.3) is 5.91 Å². The minimum atomic E-state index is -3.24. The molecule has 208 valence electrons. The van der Waals surface area contributed by atoms with Gasteiger partial charge in [-0.3, -0.25) is 14.7 Å². The number of ether oxygens (including phenoxy) is 3. The molecule has 2 aliphatic heterocycles. The predicted molar refractivity (Wildman–Crippen MR) is 138 cm³/mol. The van der Waals surface area contributed by atoms with Crippen LogP contribution in [-0.4, -0.2) is 72.4 Å². The first kappa shape index (κ1) is 26.8. The molecule has 0 radical (unpaired) electrons. The molecule has 0 unspecified atom stereocenters. The zero-order valence-electron chi connectivity index (χ0n) is 21.7. The van der Waals surface area contributed by atoms with Gasteiger partial charge in [0.2, 0.25) is 0 Å². The second-order valence-electron chi connectivity index (χ2n) is 9.93. The van der Waals surface area contributed by atoms with Crippen molar-refractivity contribution < 1.29 is 32.2 Å². The molecular formula is C27H30F3N5O4. The molecule has 3 aromatic rings. The Bertz CT molecular complexity index is 1340. The number of aromatic amines is 1. The molecule has 9 nitrogen and oxygen atoms in total. The quantitative estimate of drug-likeness (QED) is 0.368. The largest absolute Gasteiger partial charge is 0.489 e. The number of halogens is 3. The summed E-state index contributed by atoms with van der Waals surface area (Å²) in [5.74, 6) is -1.50. The zero-order chi connectivity index (χ0) is 27.6. The number of alkyl halides is 2. The van der Waals surface area contributed by atoms with E-state index in [-0.39, 0.29) is 22.8 Å². The molecule has 1 amide bonds. The SMILES string of the molecule is CC(C)(COc1cnccc1-c1[nH]c2c(c1Nc1cccc(F)c1OC(F)F)C(=O)NCC2)N1CCOCC1. The number of morpholine rings is 1. The summed E-state index contributed by atoms with van der Waals surface area (Å²) >= 11 is 0. The van der Waals surface area contributed by atoms with Crippen LogP contribution in [0.1, 0.15) is 29.9 Å². The van der Waals surface area contributed by atoms with Crippen molar-refractivity contribution in [3.63, 3.8) is 0 Å². The zero-order valence-corrected chi connectivity index (χ0v) is 21.7. The van der Waals surface area contributed by atoms with Crippen molar-refractivity contribution in [2.24, 2.45) is 0 Å². The number of para-hydroxylation sites is 1. The Hall–Kier alpha value is -3.77. The Morgan fingerprint density at radius 3 is 2.79 bits per heavy atom. The molecule has 4 heterocycles. The van der Waals surface area contributed by atoms with Gasteiger partial charge in [-0.15, -0.1) is 0 Å². The summed E-state index contributed by atoms with van der Waals surface area (Å²) in [6.07, 6.45) is 3.69. The number of anilines is 2. The Labute approximate surface area is 223 Å². The van der Waals surface area contributed by atoms with Gasteiger partial charge in [-0.25, -0.2) is 4.39 Å². The van der Waals surface area contributed by atoms with Crippen molar-refractivity contribution in [1.82, 2.24) is 20.2 Å². The average Bonchev–Trinajstić information content (AvgIpc) is 3.29. The molecule has 0 atom stereocenters. The van der Waals surface area contributed by atoms with Crippen molar-refractivity contribution in [1.29, 1.82) is 0 Å². The number of fused-ring (bicyclic) bond motifs is 1. The fraction of sp³-hybridized carbons (Fsp3) is 0.407. The lowest BCUT2D eigenvalue weighted by Gasteiger charge is -2.40. The molecule has 0 aliphatic carbocycles. The molecule has 0 bridgehead atoms. The summed E-state index contributed by atoms with van der Waals surface area (Å²) in [4.78, 5) is 22.8. The molecule has 39 heavy (non-hydrogen) atoms.